The Morgan fingerprint density at radius 3 is 2.85 bits per heavy atom. The number of ether oxygens (including phenoxy) is 2. The third-order valence-corrected chi connectivity index (χ3v) is 3.77. The first-order valence-corrected chi connectivity index (χ1v) is 7.88. The topological polar surface area (TPSA) is 30.5 Å². The van der Waals surface area contributed by atoms with Crippen molar-refractivity contribution in [2.24, 2.45) is 5.92 Å². The lowest BCUT2D eigenvalue weighted by Crippen LogP contribution is -2.17. The second kappa shape index (κ2) is 8.98. The largest absolute Gasteiger partial charge is 0.494 e. The summed E-state index contributed by atoms with van der Waals surface area (Å²) < 4.78 is 11.0. The van der Waals surface area contributed by atoms with Crippen molar-refractivity contribution in [3.8, 4) is 5.75 Å². The molecular formula is C17H27NO2. The van der Waals surface area contributed by atoms with Gasteiger partial charge in [0, 0.05) is 19.8 Å². The molecule has 0 radical (unpaired) electrons. The summed E-state index contributed by atoms with van der Waals surface area (Å²) in [6.07, 6.45) is 4.74. The van der Waals surface area contributed by atoms with Crippen molar-refractivity contribution in [2.45, 2.75) is 39.2 Å². The molecule has 3 nitrogen and oxygen atoms in total. The van der Waals surface area contributed by atoms with E-state index in [0.717, 1.165) is 51.0 Å². The first kappa shape index (κ1) is 15.3. The van der Waals surface area contributed by atoms with Crippen molar-refractivity contribution in [1.82, 2.24) is 5.32 Å². The van der Waals surface area contributed by atoms with Gasteiger partial charge in [-0.2, -0.15) is 0 Å². The zero-order valence-electron chi connectivity index (χ0n) is 12.6. The van der Waals surface area contributed by atoms with Gasteiger partial charge in [-0.25, -0.2) is 0 Å². The molecule has 0 spiro atoms. The minimum absolute atomic E-state index is 0.761. The number of rotatable bonds is 9. The van der Waals surface area contributed by atoms with Gasteiger partial charge < -0.3 is 14.8 Å². The Labute approximate surface area is 122 Å². The summed E-state index contributed by atoms with van der Waals surface area (Å²) >= 11 is 0. The molecule has 1 atom stereocenters. The molecule has 1 aromatic carbocycles. The van der Waals surface area contributed by atoms with Gasteiger partial charge in [0.2, 0.25) is 0 Å². The van der Waals surface area contributed by atoms with Gasteiger partial charge in [-0.05, 0) is 49.4 Å². The van der Waals surface area contributed by atoms with Crippen LogP contribution in [0.5, 0.6) is 5.75 Å². The van der Waals surface area contributed by atoms with Gasteiger partial charge in [-0.3, -0.25) is 0 Å². The summed E-state index contributed by atoms with van der Waals surface area (Å²) in [4.78, 5) is 0. The van der Waals surface area contributed by atoms with Crippen molar-refractivity contribution in [3.63, 3.8) is 0 Å². The second-order valence-electron chi connectivity index (χ2n) is 5.54. The first-order valence-electron chi connectivity index (χ1n) is 7.88. The van der Waals surface area contributed by atoms with Gasteiger partial charge >= 0.3 is 0 Å². The molecule has 1 saturated heterocycles. The van der Waals surface area contributed by atoms with E-state index in [4.69, 9.17) is 9.47 Å². The highest BCUT2D eigenvalue weighted by molar-refractivity contribution is 5.27. The van der Waals surface area contributed by atoms with Gasteiger partial charge in [0.1, 0.15) is 5.75 Å². The molecule has 1 heterocycles. The fourth-order valence-corrected chi connectivity index (χ4v) is 2.39. The van der Waals surface area contributed by atoms with Gasteiger partial charge in [0.25, 0.3) is 0 Å². The van der Waals surface area contributed by atoms with Crippen LogP contribution in [-0.2, 0) is 11.3 Å². The molecule has 0 saturated carbocycles. The summed E-state index contributed by atoms with van der Waals surface area (Å²) in [5, 5.41) is 3.50. The predicted octanol–water partition coefficient (Wildman–Crippen LogP) is 3.38. The summed E-state index contributed by atoms with van der Waals surface area (Å²) in [5.74, 6) is 1.74. The van der Waals surface area contributed by atoms with E-state index < -0.39 is 0 Å². The maximum absolute atomic E-state index is 5.66. The Morgan fingerprint density at radius 2 is 2.15 bits per heavy atom. The van der Waals surface area contributed by atoms with E-state index in [9.17, 15) is 0 Å². The number of unbranched alkanes of at least 4 members (excludes halogenated alkanes) is 1. The Balaban J connectivity index is 1.60. The molecule has 0 aliphatic carbocycles. The van der Waals surface area contributed by atoms with Gasteiger partial charge in [-0.15, -0.1) is 0 Å². The van der Waals surface area contributed by atoms with E-state index in [1.54, 1.807) is 0 Å². The molecule has 2 rings (SSSR count). The SMILES string of the molecule is CCCCOc1ccc(CNCCC2CCOC2)cc1. The third-order valence-electron chi connectivity index (χ3n) is 3.77. The zero-order chi connectivity index (χ0) is 14.0. The van der Waals surface area contributed by atoms with Crippen LogP contribution in [0.1, 0.15) is 38.2 Å². The van der Waals surface area contributed by atoms with Crippen LogP contribution < -0.4 is 10.1 Å². The molecule has 1 unspecified atom stereocenters. The fraction of sp³-hybridized carbons (Fsp3) is 0.647. The van der Waals surface area contributed by atoms with E-state index in [1.165, 1.54) is 24.8 Å². The average Bonchev–Trinajstić information content (AvgIpc) is 2.99. The molecule has 1 aliphatic rings. The molecule has 1 aromatic rings. The maximum Gasteiger partial charge on any atom is 0.119 e. The van der Waals surface area contributed by atoms with E-state index >= 15 is 0 Å². The van der Waals surface area contributed by atoms with Gasteiger partial charge in [0.05, 0.1) is 6.61 Å². The number of nitrogens with one attached hydrogen (secondary N) is 1. The normalized spacial score (nSPS) is 18.4. The fourth-order valence-electron chi connectivity index (χ4n) is 2.39. The van der Waals surface area contributed by atoms with Gasteiger partial charge in [-0.1, -0.05) is 25.5 Å². The van der Waals surface area contributed by atoms with Crippen LogP contribution in [0.25, 0.3) is 0 Å². The zero-order valence-corrected chi connectivity index (χ0v) is 12.6. The van der Waals surface area contributed by atoms with Crippen LogP contribution in [-0.4, -0.2) is 26.4 Å². The van der Waals surface area contributed by atoms with Crippen LogP contribution in [0, 0.1) is 5.92 Å². The van der Waals surface area contributed by atoms with Crippen molar-refractivity contribution >= 4 is 0 Å². The molecule has 20 heavy (non-hydrogen) atoms. The summed E-state index contributed by atoms with van der Waals surface area (Å²) in [6.45, 7) is 6.90. The average molecular weight is 277 g/mol. The third kappa shape index (κ3) is 5.51. The van der Waals surface area contributed by atoms with E-state index in [0.29, 0.717) is 0 Å². The number of hydrogen-bond donors (Lipinski definition) is 1. The van der Waals surface area contributed by atoms with Crippen LogP contribution >= 0.6 is 0 Å². The molecule has 1 fully saturated rings. The van der Waals surface area contributed by atoms with Crippen LogP contribution in [0.2, 0.25) is 0 Å². The standard InChI is InChI=1S/C17H27NO2/c1-2-3-11-20-17-6-4-15(5-7-17)13-18-10-8-16-9-12-19-14-16/h4-7,16,18H,2-3,8-14H2,1H3. The Bertz CT molecular complexity index is 358. The van der Waals surface area contributed by atoms with Crippen LogP contribution in [0.15, 0.2) is 24.3 Å². The molecule has 1 aliphatic heterocycles. The van der Waals surface area contributed by atoms with Crippen molar-refractivity contribution in [2.75, 3.05) is 26.4 Å². The molecular weight excluding hydrogens is 250 g/mol. The Kier molecular flexibility index (Phi) is 6.89. The smallest absolute Gasteiger partial charge is 0.119 e. The molecule has 112 valence electrons. The summed E-state index contributed by atoms with van der Waals surface area (Å²) in [6, 6.07) is 8.43. The molecule has 0 amide bonds. The highest BCUT2D eigenvalue weighted by Crippen LogP contribution is 2.16. The van der Waals surface area contributed by atoms with E-state index in [-0.39, 0.29) is 0 Å². The van der Waals surface area contributed by atoms with Crippen molar-refractivity contribution in [1.29, 1.82) is 0 Å². The minimum atomic E-state index is 0.761. The van der Waals surface area contributed by atoms with E-state index in [2.05, 4.69) is 36.5 Å². The first-order chi connectivity index (χ1) is 9.88. The maximum atomic E-state index is 5.66. The second-order valence-corrected chi connectivity index (χ2v) is 5.54. The predicted molar refractivity (Wildman–Crippen MR) is 82.1 cm³/mol. The number of hydrogen-bond acceptors (Lipinski definition) is 3. The molecule has 1 N–H and O–H groups in total. The van der Waals surface area contributed by atoms with Crippen molar-refractivity contribution < 1.29 is 9.47 Å². The Hall–Kier alpha value is -1.06. The monoisotopic (exact) mass is 277 g/mol. The Morgan fingerprint density at radius 1 is 1.30 bits per heavy atom. The highest BCUT2D eigenvalue weighted by atomic mass is 16.5. The van der Waals surface area contributed by atoms with Gasteiger partial charge in [0.15, 0.2) is 0 Å². The lowest BCUT2D eigenvalue weighted by molar-refractivity contribution is 0.184. The minimum Gasteiger partial charge on any atom is -0.494 e. The summed E-state index contributed by atoms with van der Waals surface area (Å²) in [5.41, 5.74) is 1.32. The molecule has 3 heteroatoms. The molecule has 0 bridgehead atoms. The lowest BCUT2D eigenvalue weighted by atomic mass is 10.1. The van der Waals surface area contributed by atoms with Crippen molar-refractivity contribution in [3.05, 3.63) is 29.8 Å². The number of benzene rings is 1. The van der Waals surface area contributed by atoms with E-state index in [1.807, 2.05) is 0 Å². The lowest BCUT2D eigenvalue weighted by Gasteiger charge is -2.09. The quantitative estimate of drug-likeness (QED) is 0.702. The van der Waals surface area contributed by atoms with Crippen LogP contribution in [0.4, 0.5) is 0 Å². The summed E-state index contributed by atoms with van der Waals surface area (Å²) in [7, 11) is 0. The van der Waals surface area contributed by atoms with Crippen LogP contribution in [0.3, 0.4) is 0 Å². The highest BCUT2D eigenvalue weighted by Gasteiger charge is 2.14. The molecule has 0 aromatic heterocycles.